The minimum absolute atomic E-state index is 0.0755. The molecule has 0 bridgehead atoms. The predicted octanol–water partition coefficient (Wildman–Crippen LogP) is 1.31. The number of ether oxygens (including phenoxy) is 1. The standard InChI is InChI=1S/C14H19N5O4S2/c1-8(2)13-17-14(19-18-13)24-7-12(20)16-9-4-5-10(23-3)11(6-9)25(15,21)22/h4-6,8H,7H2,1-3H3,(H,16,20)(H2,15,21,22)(H,17,18,19). The number of aromatic nitrogens is 3. The van der Waals surface area contributed by atoms with E-state index >= 15 is 0 Å². The maximum absolute atomic E-state index is 12.0. The normalized spacial score (nSPS) is 11.6. The van der Waals surface area contributed by atoms with Gasteiger partial charge in [0.1, 0.15) is 16.5 Å². The summed E-state index contributed by atoms with van der Waals surface area (Å²) in [6, 6.07) is 4.20. The third kappa shape index (κ3) is 5.18. The number of carbonyl (C=O) groups is 1. The van der Waals surface area contributed by atoms with E-state index in [-0.39, 0.29) is 28.2 Å². The average molecular weight is 385 g/mol. The van der Waals surface area contributed by atoms with Gasteiger partial charge >= 0.3 is 0 Å². The number of anilines is 1. The number of rotatable bonds is 7. The van der Waals surface area contributed by atoms with Crippen LogP contribution in [0.25, 0.3) is 0 Å². The van der Waals surface area contributed by atoms with Crippen LogP contribution in [0.3, 0.4) is 0 Å². The third-order valence-electron chi connectivity index (χ3n) is 3.12. The van der Waals surface area contributed by atoms with Crippen molar-refractivity contribution in [2.45, 2.75) is 29.8 Å². The van der Waals surface area contributed by atoms with Crippen LogP contribution in [0.4, 0.5) is 5.69 Å². The molecule has 0 aliphatic heterocycles. The maximum atomic E-state index is 12.0. The Morgan fingerprint density at radius 3 is 2.72 bits per heavy atom. The molecule has 0 spiro atoms. The van der Waals surface area contributed by atoms with Gasteiger partial charge in [-0.3, -0.25) is 9.89 Å². The molecule has 9 nitrogen and oxygen atoms in total. The van der Waals surface area contributed by atoms with E-state index in [9.17, 15) is 13.2 Å². The Balaban J connectivity index is 2.02. The first-order valence-corrected chi connectivity index (χ1v) is 9.79. The molecule has 136 valence electrons. The zero-order chi connectivity index (χ0) is 18.6. The summed E-state index contributed by atoms with van der Waals surface area (Å²) in [5.74, 6) is 0.817. The van der Waals surface area contributed by atoms with Crippen LogP contribution in [0.1, 0.15) is 25.6 Å². The predicted molar refractivity (Wildman–Crippen MR) is 94.2 cm³/mol. The SMILES string of the molecule is COc1ccc(NC(=O)CSc2n[nH]c(C(C)C)n2)cc1S(N)(=O)=O. The van der Waals surface area contributed by atoms with E-state index in [4.69, 9.17) is 9.88 Å². The fourth-order valence-electron chi connectivity index (χ4n) is 1.88. The molecule has 0 unspecified atom stereocenters. The zero-order valence-electron chi connectivity index (χ0n) is 13.9. The summed E-state index contributed by atoms with van der Waals surface area (Å²) in [6.45, 7) is 3.96. The van der Waals surface area contributed by atoms with Gasteiger partial charge in [0.05, 0.1) is 12.9 Å². The van der Waals surface area contributed by atoms with Crippen LogP contribution in [-0.2, 0) is 14.8 Å². The number of carbonyl (C=O) groups excluding carboxylic acids is 1. The molecule has 0 atom stereocenters. The highest BCUT2D eigenvalue weighted by Gasteiger charge is 2.16. The molecular formula is C14H19N5O4S2. The number of benzene rings is 1. The number of hydrogen-bond acceptors (Lipinski definition) is 7. The molecular weight excluding hydrogens is 366 g/mol. The van der Waals surface area contributed by atoms with Gasteiger partial charge in [0.25, 0.3) is 0 Å². The van der Waals surface area contributed by atoms with E-state index < -0.39 is 10.0 Å². The van der Waals surface area contributed by atoms with Crippen molar-refractivity contribution in [2.75, 3.05) is 18.2 Å². The Bertz CT molecular complexity index is 864. The van der Waals surface area contributed by atoms with Crippen LogP contribution < -0.4 is 15.2 Å². The van der Waals surface area contributed by atoms with Gasteiger partial charge in [0.2, 0.25) is 21.1 Å². The highest BCUT2D eigenvalue weighted by molar-refractivity contribution is 7.99. The van der Waals surface area contributed by atoms with Crippen LogP contribution in [0.2, 0.25) is 0 Å². The minimum Gasteiger partial charge on any atom is -0.495 e. The first kappa shape index (κ1) is 19.2. The van der Waals surface area contributed by atoms with E-state index in [0.29, 0.717) is 10.8 Å². The Kier molecular flexibility index (Phi) is 6.03. The number of H-pyrrole nitrogens is 1. The second kappa shape index (κ2) is 7.85. The molecule has 1 heterocycles. The lowest BCUT2D eigenvalue weighted by atomic mass is 10.2. The molecule has 0 aliphatic carbocycles. The highest BCUT2D eigenvalue weighted by Crippen LogP contribution is 2.26. The summed E-state index contributed by atoms with van der Waals surface area (Å²) in [4.78, 5) is 16.1. The maximum Gasteiger partial charge on any atom is 0.241 e. The van der Waals surface area contributed by atoms with Gasteiger partial charge in [-0.05, 0) is 18.2 Å². The molecule has 0 saturated carbocycles. The van der Waals surface area contributed by atoms with Gasteiger partial charge in [-0.15, -0.1) is 5.10 Å². The highest BCUT2D eigenvalue weighted by atomic mass is 32.2. The number of nitrogens with two attached hydrogens (primary N) is 1. The van der Waals surface area contributed by atoms with Crippen LogP contribution in [-0.4, -0.2) is 42.4 Å². The third-order valence-corrected chi connectivity index (χ3v) is 4.89. The minimum atomic E-state index is -3.97. The number of nitrogens with zero attached hydrogens (tertiary/aromatic N) is 2. The van der Waals surface area contributed by atoms with Gasteiger partial charge < -0.3 is 10.1 Å². The number of nitrogens with one attached hydrogen (secondary N) is 2. The molecule has 0 radical (unpaired) electrons. The van der Waals surface area contributed by atoms with Crippen molar-refractivity contribution in [1.82, 2.24) is 15.2 Å². The average Bonchev–Trinajstić information content (AvgIpc) is 3.01. The Labute approximate surface area is 149 Å². The summed E-state index contributed by atoms with van der Waals surface area (Å²) in [7, 11) is -2.64. The van der Waals surface area contributed by atoms with Gasteiger partial charge in [-0.2, -0.15) is 0 Å². The molecule has 25 heavy (non-hydrogen) atoms. The molecule has 11 heteroatoms. The largest absolute Gasteiger partial charge is 0.495 e. The lowest BCUT2D eigenvalue weighted by Crippen LogP contribution is -2.17. The second-order valence-corrected chi connectivity index (χ2v) is 7.88. The van der Waals surface area contributed by atoms with Gasteiger partial charge in [-0.1, -0.05) is 25.6 Å². The summed E-state index contributed by atoms with van der Waals surface area (Å²) in [5, 5.41) is 15.1. The molecule has 2 aromatic rings. The Morgan fingerprint density at radius 1 is 1.44 bits per heavy atom. The summed E-state index contributed by atoms with van der Waals surface area (Å²) < 4.78 is 28.1. The molecule has 0 aliphatic rings. The number of primary sulfonamides is 1. The monoisotopic (exact) mass is 385 g/mol. The Morgan fingerprint density at radius 2 is 2.16 bits per heavy atom. The summed E-state index contributed by atoms with van der Waals surface area (Å²) in [6.07, 6.45) is 0. The van der Waals surface area contributed by atoms with Crippen molar-refractivity contribution in [3.05, 3.63) is 24.0 Å². The first-order chi connectivity index (χ1) is 11.7. The van der Waals surface area contributed by atoms with Crippen molar-refractivity contribution in [3.8, 4) is 5.75 Å². The molecule has 1 aromatic heterocycles. The second-order valence-electron chi connectivity index (χ2n) is 5.41. The summed E-state index contributed by atoms with van der Waals surface area (Å²) >= 11 is 1.17. The van der Waals surface area contributed by atoms with Crippen molar-refractivity contribution in [1.29, 1.82) is 0 Å². The van der Waals surface area contributed by atoms with E-state index in [2.05, 4.69) is 20.5 Å². The molecule has 2 rings (SSSR count). The summed E-state index contributed by atoms with van der Waals surface area (Å²) in [5.41, 5.74) is 0.299. The molecule has 0 fully saturated rings. The lowest BCUT2D eigenvalue weighted by Gasteiger charge is -2.10. The fraction of sp³-hybridized carbons (Fsp3) is 0.357. The number of aromatic amines is 1. The van der Waals surface area contributed by atoms with Crippen LogP contribution in [0.5, 0.6) is 5.75 Å². The number of thioether (sulfide) groups is 1. The molecule has 4 N–H and O–H groups in total. The van der Waals surface area contributed by atoms with E-state index in [1.165, 1.54) is 37.1 Å². The van der Waals surface area contributed by atoms with Gasteiger partial charge in [0, 0.05) is 11.6 Å². The number of sulfonamides is 1. The van der Waals surface area contributed by atoms with Crippen molar-refractivity contribution in [3.63, 3.8) is 0 Å². The number of methoxy groups -OCH3 is 1. The van der Waals surface area contributed by atoms with Crippen LogP contribution in [0.15, 0.2) is 28.3 Å². The zero-order valence-corrected chi connectivity index (χ0v) is 15.6. The van der Waals surface area contributed by atoms with Gasteiger partial charge in [0.15, 0.2) is 0 Å². The first-order valence-electron chi connectivity index (χ1n) is 7.26. The van der Waals surface area contributed by atoms with Crippen molar-refractivity contribution in [2.24, 2.45) is 5.14 Å². The van der Waals surface area contributed by atoms with Gasteiger partial charge in [-0.25, -0.2) is 18.5 Å². The molecule has 1 aromatic carbocycles. The fourth-order valence-corrected chi connectivity index (χ4v) is 3.21. The van der Waals surface area contributed by atoms with E-state index in [1.54, 1.807) is 0 Å². The number of hydrogen-bond donors (Lipinski definition) is 3. The van der Waals surface area contributed by atoms with E-state index in [0.717, 1.165) is 5.82 Å². The molecule has 1 amide bonds. The smallest absolute Gasteiger partial charge is 0.241 e. The van der Waals surface area contributed by atoms with Crippen molar-refractivity contribution < 1.29 is 17.9 Å². The lowest BCUT2D eigenvalue weighted by molar-refractivity contribution is -0.113. The quantitative estimate of drug-likeness (QED) is 0.610. The van der Waals surface area contributed by atoms with E-state index in [1.807, 2.05) is 13.8 Å². The molecule has 0 saturated heterocycles. The number of amides is 1. The topological polar surface area (TPSA) is 140 Å². The Hall–Kier alpha value is -2.11. The van der Waals surface area contributed by atoms with Crippen LogP contribution in [0, 0.1) is 0 Å². The van der Waals surface area contributed by atoms with Crippen molar-refractivity contribution >= 4 is 33.4 Å². The van der Waals surface area contributed by atoms with Crippen LogP contribution >= 0.6 is 11.8 Å².